The second-order valence-corrected chi connectivity index (χ2v) is 25.5. The molecule has 26 heteroatoms. The summed E-state index contributed by atoms with van der Waals surface area (Å²) >= 11 is 0. The number of quaternary nitrogens is 1. The first-order valence-electron chi connectivity index (χ1n) is 25.2. The number of aliphatic carboxylic acids is 1. The van der Waals surface area contributed by atoms with Crippen LogP contribution in [0.3, 0.4) is 0 Å². The van der Waals surface area contributed by atoms with Crippen LogP contribution < -0.4 is 27.0 Å². The quantitative estimate of drug-likeness (QED) is 0.0211. The molecule has 412 valence electrons. The van der Waals surface area contributed by atoms with Crippen molar-refractivity contribution in [3.63, 3.8) is 0 Å². The van der Waals surface area contributed by atoms with Crippen molar-refractivity contribution >= 4 is 67.0 Å². The van der Waals surface area contributed by atoms with Gasteiger partial charge in [-0.05, 0) is 64.7 Å². The number of carboxylic acid groups (broad SMARTS) is 1. The number of ether oxygens (including phenoxy) is 5. The van der Waals surface area contributed by atoms with E-state index in [-0.39, 0.29) is 103 Å². The summed E-state index contributed by atoms with van der Waals surface area (Å²) in [4.78, 5) is 38.7. The van der Waals surface area contributed by atoms with Crippen molar-refractivity contribution in [3.05, 3.63) is 59.2 Å². The largest absolute Gasteiger partial charge is 0.477 e. The van der Waals surface area contributed by atoms with Gasteiger partial charge in [0.15, 0.2) is 24.3 Å². The number of nitrogens with two attached hydrogens (primary N) is 2. The van der Waals surface area contributed by atoms with Crippen LogP contribution in [0.5, 0.6) is 0 Å². The van der Waals surface area contributed by atoms with Gasteiger partial charge in [0.25, 0.3) is 0 Å². The summed E-state index contributed by atoms with van der Waals surface area (Å²) in [5.74, 6) is -5.41. The first kappa shape index (κ1) is 57.1. The Morgan fingerprint density at radius 2 is 1.92 bits per heavy atom. The number of hydrogen-bond acceptors (Lipinski definition) is 22. The molecule has 0 aromatic carbocycles. The lowest BCUT2D eigenvalue weighted by Gasteiger charge is -2.51. The fourth-order valence-electron chi connectivity index (χ4n) is 11.4. The highest BCUT2D eigenvalue weighted by Gasteiger charge is 2.60. The molecule has 8 rings (SSSR count). The highest BCUT2D eigenvalue weighted by molar-refractivity contribution is 8.78. The number of guanidine groups is 2. The molecule has 74 heavy (non-hydrogen) atoms. The van der Waals surface area contributed by atoms with Gasteiger partial charge in [-0.3, -0.25) is 14.9 Å². The van der Waals surface area contributed by atoms with Crippen LogP contribution in [0.25, 0.3) is 0 Å². The predicted octanol–water partition coefficient (Wildman–Crippen LogP) is -1.03. The lowest BCUT2D eigenvalue weighted by atomic mass is 9.66. The molecule has 1 spiro atoms. The predicted molar refractivity (Wildman–Crippen MR) is 280 cm³/mol. The summed E-state index contributed by atoms with van der Waals surface area (Å²) in [6.07, 6.45) is 3.53. The highest BCUT2D eigenvalue weighted by atomic mass is 33.1. The second-order valence-electron chi connectivity index (χ2n) is 20.3. The summed E-state index contributed by atoms with van der Waals surface area (Å²) < 4.78 is 32.2. The SMILES string of the molecule is CC(C)OC1C(OC2OC=C3C(=O)OC4CCC(CO)C4CSSC4C5CC6CC(CCC2(C=CCSS5)C3C=CC2=C(NC(N)=NCCCO)C(C(=O)O)=C[NH+](C2)C4CO)N=C(N)N6)OC(CO)C(O)C1(O)O. The molecule has 0 aromatic heterocycles. The smallest absolute Gasteiger partial charge is 0.343 e. The summed E-state index contributed by atoms with van der Waals surface area (Å²) in [5.41, 5.74) is 12.1. The number of nitrogens with one attached hydrogen (secondary N) is 3. The third kappa shape index (κ3) is 12.4. The van der Waals surface area contributed by atoms with Crippen LogP contribution in [0.2, 0.25) is 0 Å². The molecule has 8 aliphatic rings. The van der Waals surface area contributed by atoms with Gasteiger partial charge in [-0.15, -0.1) is 0 Å². The fourth-order valence-corrected chi connectivity index (χ4v) is 18.3. The van der Waals surface area contributed by atoms with E-state index in [9.17, 15) is 45.6 Å². The van der Waals surface area contributed by atoms with Crippen molar-refractivity contribution < 1.29 is 79.0 Å². The van der Waals surface area contributed by atoms with Gasteiger partial charge in [-0.1, -0.05) is 67.5 Å². The number of aliphatic imine (C=N–C) groups is 2. The normalized spacial score (nSPS) is 38.6. The van der Waals surface area contributed by atoms with E-state index in [0.29, 0.717) is 60.5 Å². The maximum absolute atomic E-state index is 15.2. The zero-order valence-corrected chi connectivity index (χ0v) is 44.6. The molecule has 8 bridgehead atoms. The van der Waals surface area contributed by atoms with Gasteiger partial charge in [-0.2, -0.15) is 0 Å². The van der Waals surface area contributed by atoms with Gasteiger partial charge in [-0.25, -0.2) is 9.59 Å². The number of rotatable bonds is 12. The fraction of sp³-hybridized carbons (Fsp3) is 0.708. The Morgan fingerprint density at radius 3 is 2.65 bits per heavy atom. The molecule has 0 radical (unpaired) electrons. The van der Waals surface area contributed by atoms with E-state index in [1.54, 1.807) is 75.4 Å². The van der Waals surface area contributed by atoms with Gasteiger partial charge in [0.05, 0.1) is 53.6 Å². The van der Waals surface area contributed by atoms with Crippen molar-refractivity contribution in [3.8, 4) is 0 Å². The summed E-state index contributed by atoms with van der Waals surface area (Å²) in [6, 6.07) is -1.15. The van der Waals surface area contributed by atoms with E-state index in [2.05, 4.69) is 15.6 Å². The number of esters is 1. The molecule has 1 saturated heterocycles. The van der Waals surface area contributed by atoms with Crippen molar-refractivity contribution in [2.75, 3.05) is 51.0 Å². The second kappa shape index (κ2) is 25.2. The van der Waals surface area contributed by atoms with Gasteiger partial charge in [0.2, 0.25) is 12.1 Å². The van der Waals surface area contributed by atoms with Gasteiger partial charge < -0.3 is 86.6 Å². The van der Waals surface area contributed by atoms with Crippen LogP contribution >= 0.6 is 43.2 Å². The Morgan fingerprint density at radius 1 is 1.11 bits per heavy atom. The Labute approximate surface area is 445 Å². The zero-order valence-electron chi connectivity index (χ0n) is 41.3. The first-order chi connectivity index (χ1) is 35.5. The van der Waals surface area contributed by atoms with Crippen LogP contribution in [0.1, 0.15) is 58.8 Å². The third-order valence-electron chi connectivity index (χ3n) is 15.1. The van der Waals surface area contributed by atoms with Crippen molar-refractivity contribution in [2.45, 2.75) is 136 Å². The zero-order chi connectivity index (χ0) is 52.9. The number of aliphatic hydroxyl groups is 7. The van der Waals surface area contributed by atoms with Crippen LogP contribution in [0, 0.1) is 23.2 Å². The van der Waals surface area contributed by atoms with Gasteiger partial charge >= 0.3 is 11.9 Å². The summed E-state index contributed by atoms with van der Waals surface area (Å²) in [7, 11) is 6.41. The van der Waals surface area contributed by atoms with Crippen molar-refractivity contribution in [2.24, 2.45) is 44.6 Å². The lowest BCUT2D eigenvalue weighted by Crippen LogP contribution is -3.14. The number of carbonyl (C=O) groups excluding carboxylic acids is 1. The number of nitrogens with zero attached hydrogens (tertiary/aromatic N) is 2. The van der Waals surface area contributed by atoms with Gasteiger partial charge in [0.1, 0.15) is 42.7 Å². The summed E-state index contributed by atoms with van der Waals surface area (Å²) in [5, 5.41) is 93.4. The van der Waals surface area contributed by atoms with E-state index in [0.717, 1.165) is 0 Å². The topological polar surface area (TPSA) is 347 Å². The standard InChI is InChI=1S/C48H71N7O15S4/c1-24(2)67-40-43(69-35(21-59)39(60)48(40,64)65)70-44-47-10-3-14-71-73-36(16-28-15-27(9-11-47)52-46(50)53-28)38-33(20-58)55-17-25(37(29(18-55)41(61)62)54-45(49)51-12-4-13-56)5-7-32(47)30(22-66-44)42(63)68-34-8-6-26(19-57)31(34)23-72-74-38/h3,5,7,10,18,22,24,26-28,31-36,38-40,43-44,56-60,64-65H,4,6,8-9,11-17,19-21,23H2,1-2H3,(H,61,62)(H3,49,51,54)(H3,50,52,53)/p+1. The van der Waals surface area contributed by atoms with Crippen LogP contribution in [-0.2, 0) is 33.3 Å². The monoisotopic (exact) mass is 1110 g/mol. The molecular weight excluding hydrogens is 1040 g/mol. The molecule has 22 nitrogen and oxygen atoms in total. The van der Waals surface area contributed by atoms with Gasteiger partial charge in [0, 0.05) is 60.0 Å². The van der Waals surface area contributed by atoms with Crippen LogP contribution in [-0.4, -0.2) is 193 Å². The molecular formula is C48H72N7O15S4+. The molecule has 0 aromatic rings. The number of carbonyl (C=O) groups is 2. The van der Waals surface area contributed by atoms with Crippen LogP contribution in [0.4, 0.5) is 0 Å². The molecule has 1 aliphatic carbocycles. The Bertz CT molecular complexity index is 2240. The Balaban J connectivity index is 1.40. The molecule has 7 heterocycles. The van der Waals surface area contributed by atoms with Crippen LogP contribution in [0.15, 0.2) is 69.2 Å². The maximum Gasteiger partial charge on any atom is 0.343 e. The molecule has 0 amide bonds. The van der Waals surface area contributed by atoms with Crippen molar-refractivity contribution in [1.82, 2.24) is 10.6 Å². The van der Waals surface area contributed by atoms with E-state index >= 15 is 4.79 Å². The minimum atomic E-state index is -3.00. The van der Waals surface area contributed by atoms with E-state index in [1.807, 2.05) is 12.2 Å². The number of aliphatic hydroxyl groups excluding tert-OH is 5. The number of carboxylic acids is 1. The molecule has 16 atom stereocenters. The minimum Gasteiger partial charge on any atom is -0.477 e. The third-order valence-corrected chi connectivity index (χ3v) is 21.1. The number of allylic oxidation sites excluding steroid dienone is 1. The lowest BCUT2D eigenvalue weighted by molar-refractivity contribution is -0.870. The molecule has 16 unspecified atom stereocenters. The average Bonchev–Trinajstić information content (AvgIpc) is 3.74. The van der Waals surface area contributed by atoms with E-state index < -0.39 is 84.8 Å². The minimum absolute atomic E-state index is 0.0670. The molecule has 7 aliphatic heterocycles. The Kier molecular flexibility index (Phi) is 19.4. The maximum atomic E-state index is 15.2. The molecule has 1 saturated carbocycles. The van der Waals surface area contributed by atoms with Crippen molar-refractivity contribution in [1.29, 1.82) is 0 Å². The average molecular weight is 1120 g/mol. The summed E-state index contributed by atoms with van der Waals surface area (Å²) in [6.45, 7) is 2.16. The number of hydrogen-bond donors (Lipinski definition) is 13. The first-order valence-corrected chi connectivity index (χ1v) is 30.0. The highest BCUT2D eigenvalue weighted by Crippen LogP contribution is 2.52. The van der Waals surface area contributed by atoms with E-state index in [1.165, 1.54) is 6.26 Å². The Hall–Kier alpha value is -3.06. The van der Waals surface area contributed by atoms with E-state index in [4.69, 9.17) is 40.1 Å². The number of fused-ring (bicyclic) bond motifs is 9. The molecule has 15 N–H and O–H groups in total. The molecule has 2 fully saturated rings.